The molecule has 2 rings (SSSR count). The number of benzene rings is 1. The molecule has 0 spiro atoms. The lowest BCUT2D eigenvalue weighted by Crippen LogP contribution is -3.11. The Hall–Kier alpha value is -1.52. The summed E-state index contributed by atoms with van der Waals surface area (Å²) in [4.78, 5) is 17.8. The fourth-order valence-corrected chi connectivity index (χ4v) is 4.41. The number of halogens is 1. The van der Waals surface area contributed by atoms with Gasteiger partial charge in [-0.25, -0.2) is 0 Å². The molecule has 0 unspecified atom stereocenters. The Morgan fingerprint density at radius 3 is 2.59 bits per heavy atom. The summed E-state index contributed by atoms with van der Waals surface area (Å²) in [6.07, 6.45) is 5.73. The monoisotopic (exact) mass is 420 g/mol. The quantitative estimate of drug-likeness (QED) is 0.463. The van der Waals surface area contributed by atoms with Crippen LogP contribution in [0, 0.1) is 5.92 Å². The second kappa shape index (κ2) is 11.6. The van der Waals surface area contributed by atoms with Crippen LogP contribution in [0.1, 0.15) is 71.8 Å². The van der Waals surface area contributed by atoms with E-state index in [0.717, 1.165) is 35.2 Å². The Morgan fingerprint density at radius 2 is 1.93 bits per heavy atom. The number of rotatable bonds is 12. The van der Waals surface area contributed by atoms with E-state index in [2.05, 4.69) is 51.1 Å². The van der Waals surface area contributed by atoms with E-state index in [-0.39, 0.29) is 17.9 Å². The van der Waals surface area contributed by atoms with Gasteiger partial charge < -0.3 is 15.2 Å². The Morgan fingerprint density at radius 1 is 1.21 bits per heavy atom. The first-order valence-electron chi connectivity index (χ1n) is 11.2. The normalized spacial score (nSPS) is 13.9. The van der Waals surface area contributed by atoms with E-state index < -0.39 is 0 Å². The number of aromatic amines is 1. The number of fused-ring (bicyclic) bond motifs is 1. The largest absolute Gasteiger partial charge is 0.361 e. The van der Waals surface area contributed by atoms with Gasteiger partial charge in [-0.3, -0.25) is 4.79 Å². The van der Waals surface area contributed by atoms with Gasteiger partial charge in [-0.2, -0.15) is 0 Å². The Labute approximate surface area is 181 Å². The highest BCUT2D eigenvalue weighted by molar-refractivity contribution is 6.31. The van der Waals surface area contributed by atoms with Crippen LogP contribution < -0.4 is 10.2 Å². The van der Waals surface area contributed by atoms with E-state index in [1.54, 1.807) is 4.90 Å². The number of carbonyl (C=O) groups excluding carboxylic acids is 1. The van der Waals surface area contributed by atoms with Crippen LogP contribution in [-0.2, 0) is 4.79 Å². The number of hydrogen-bond donors (Lipinski definition) is 3. The van der Waals surface area contributed by atoms with E-state index in [4.69, 9.17) is 11.6 Å². The van der Waals surface area contributed by atoms with E-state index in [9.17, 15) is 4.79 Å². The van der Waals surface area contributed by atoms with Crippen molar-refractivity contribution in [2.45, 2.75) is 72.3 Å². The molecular formula is C24H39ClN3O+. The molecule has 162 valence electrons. The van der Waals surface area contributed by atoms with Crippen LogP contribution in [0.5, 0.6) is 0 Å². The van der Waals surface area contributed by atoms with Crippen LogP contribution in [0.15, 0.2) is 24.4 Å². The summed E-state index contributed by atoms with van der Waals surface area (Å²) in [5, 5.41) is 5.09. The van der Waals surface area contributed by atoms with Crippen LogP contribution in [0.4, 0.5) is 0 Å². The van der Waals surface area contributed by atoms with Crippen molar-refractivity contribution in [1.29, 1.82) is 0 Å². The zero-order valence-corrected chi connectivity index (χ0v) is 19.5. The fourth-order valence-electron chi connectivity index (χ4n) is 4.23. The molecule has 0 aliphatic rings. The van der Waals surface area contributed by atoms with Gasteiger partial charge in [-0.05, 0) is 75.6 Å². The molecule has 0 fully saturated rings. The molecule has 5 heteroatoms. The van der Waals surface area contributed by atoms with Gasteiger partial charge in [0.2, 0.25) is 5.91 Å². The molecule has 0 aliphatic carbocycles. The molecule has 0 aliphatic heterocycles. The van der Waals surface area contributed by atoms with Gasteiger partial charge in [-0.15, -0.1) is 0 Å². The number of aromatic nitrogens is 1. The second-order valence-electron chi connectivity index (χ2n) is 8.78. The lowest BCUT2D eigenvalue weighted by Gasteiger charge is -2.21. The van der Waals surface area contributed by atoms with Crippen molar-refractivity contribution in [3.63, 3.8) is 0 Å². The van der Waals surface area contributed by atoms with Crippen molar-refractivity contribution in [1.82, 2.24) is 10.3 Å². The van der Waals surface area contributed by atoms with Crippen molar-refractivity contribution in [2.24, 2.45) is 5.92 Å². The molecule has 0 saturated heterocycles. The summed E-state index contributed by atoms with van der Waals surface area (Å²) in [6.45, 7) is 14.5. The third kappa shape index (κ3) is 7.35. The maximum absolute atomic E-state index is 12.8. The van der Waals surface area contributed by atoms with E-state index in [1.807, 2.05) is 18.2 Å². The highest BCUT2D eigenvalue weighted by Crippen LogP contribution is 2.34. The second-order valence-corrected chi connectivity index (χ2v) is 9.22. The minimum absolute atomic E-state index is 0.148. The number of nitrogens with one attached hydrogen (secondary N) is 3. The van der Waals surface area contributed by atoms with Crippen molar-refractivity contribution in [3.05, 3.63) is 35.0 Å². The molecule has 1 amide bonds. The lowest BCUT2D eigenvalue weighted by molar-refractivity contribution is -0.896. The SMILES string of the molecule is CC[NH+](CC)CCC[C@@H](C)NC(=O)C[C@@H](CC(C)C)c1c[nH]c2ccc(Cl)cc12. The first-order valence-corrected chi connectivity index (χ1v) is 11.6. The predicted molar refractivity (Wildman–Crippen MR) is 124 cm³/mol. The van der Waals surface area contributed by atoms with Gasteiger partial charge >= 0.3 is 0 Å². The molecule has 4 nitrogen and oxygen atoms in total. The fraction of sp³-hybridized carbons (Fsp3) is 0.625. The molecule has 3 N–H and O–H groups in total. The number of carbonyl (C=O) groups is 1. The molecule has 0 bridgehead atoms. The van der Waals surface area contributed by atoms with Crippen molar-refractivity contribution < 1.29 is 9.69 Å². The van der Waals surface area contributed by atoms with Crippen molar-refractivity contribution in [2.75, 3.05) is 19.6 Å². The van der Waals surface area contributed by atoms with Crippen LogP contribution in [-0.4, -0.2) is 36.6 Å². The summed E-state index contributed by atoms with van der Waals surface area (Å²) in [7, 11) is 0. The number of quaternary nitrogens is 1. The van der Waals surface area contributed by atoms with Gasteiger partial charge in [-0.1, -0.05) is 25.4 Å². The molecule has 0 radical (unpaired) electrons. The Kier molecular flexibility index (Phi) is 9.51. The van der Waals surface area contributed by atoms with E-state index >= 15 is 0 Å². The topological polar surface area (TPSA) is 49.3 Å². The van der Waals surface area contributed by atoms with E-state index in [1.165, 1.54) is 25.2 Å². The maximum Gasteiger partial charge on any atom is 0.220 e. The Bertz CT molecular complexity index is 767. The zero-order chi connectivity index (χ0) is 21.4. The minimum Gasteiger partial charge on any atom is -0.361 e. The van der Waals surface area contributed by atoms with Crippen LogP contribution in [0.25, 0.3) is 10.9 Å². The molecule has 1 aromatic carbocycles. The third-order valence-corrected chi connectivity index (χ3v) is 6.11. The number of H-pyrrole nitrogens is 1. The van der Waals surface area contributed by atoms with Crippen molar-refractivity contribution in [3.8, 4) is 0 Å². The van der Waals surface area contributed by atoms with Gasteiger partial charge in [0.05, 0.1) is 19.6 Å². The minimum atomic E-state index is 0.148. The summed E-state index contributed by atoms with van der Waals surface area (Å²) >= 11 is 6.23. The van der Waals surface area contributed by atoms with Gasteiger partial charge in [0, 0.05) is 34.6 Å². The summed E-state index contributed by atoms with van der Waals surface area (Å²) in [6, 6.07) is 6.13. The van der Waals surface area contributed by atoms with Gasteiger partial charge in [0.1, 0.15) is 0 Å². The number of hydrogen-bond acceptors (Lipinski definition) is 1. The highest BCUT2D eigenvalue weighted by Gasteiger charge is 2.21. The van der Waals surface area contributed by atoms with Gasteiger partial charge in [0.15, 0.2) is 0 Å². The zero-order valence-electron chi connectivity index (χ0n) is 18.8. The van der Waals surface area contributed by atoms with Crippen LogP contribution >= 0.6 is 11.6 Å². The van der Waals surface area contributed by atoms with E-state index in [0.29, 0.717) is 12.3 Å². The molecule has 1 heterocycles. The molecule has 2 atom stereocenters. The Balaban J connectivity index is 1.98. The first kappa shape index (κ1) is 23.8. The third-order valence-electron chi connectivity index (χ3n) is 5.88. The van der Waals surface area contributed by atoms with Crippen LogP contribution in [0.3, 0.4) is 0 Å². The molecular weight excluding hydrogens is 382 g/mol. The summed E-state index contributed by atoms with van der Waals surface area (Å²) in [5.74, 6) is 0.857. The molecule has 0 saturated carbocycles. The first-order chi connectivity index (χ1) is 13.8. The van der Waals surface area contributed by atoms with Crippen LogP contribution in [0.2, 0.25) is 5.02 Å². The van der Waals surface area contributed by atoms with Gasteiger partial charge in [0.25, 0.3) is 0 Å². The lowest BCUT2D eigenvalue weighted by atomic mass is 9.87. The average Bonchev–Trinajstić information content (AvgIpc) is 3.07. The van der Waals surface area contributed by atoms with Crippen molar-refractivity contribution >= 4 is 28.4 Å². The molecule has 1 aromatic heterocycles. The summed E-state index contributed by atoms with van der Waals surface area (Å²) < 4.78 is 0. The maximum atomic E-state index is 12.8. The predicted octanol–water partition coefficient (Wildman–Crippen LogP) is 4.55. The standard InChI is InChI=1S/C24H38ClN3O/c1-6-28(7-2)12-8-9-18(5)27-24(29)14-19(13-17(3)4)22-16-26-23-11-10-20(25)15-21(22)23/h10-11,15-19,26H,6-9,12-14H2,1-5H3,(H,27,29)/p+1/t18-,19-/m1/s1. The average molecular weight is 421 g/mol. The number of amides is 1. The highest BCUT2D eigenvalue weighted by atomic mass is 35.5. The summed E-state index contributed by atoms with van der Waals surface area (Å²) in [5.41, 5.74) is 2.27. The molecule has 29 heavy (non-hydrogen) atoms. The smallest absolute Gasteiger partial charge is 0.220 e. The molecule has 2 aromatic rings.